The summed E-state index contributed by atoms with van der Waals surface area (Å²) in [4.78, 5) is 19.0. The Morgan fingerprint density at radius 3 is 2.90 bits per heavy atom. The topological polar surface area (TPSA) is 45.2 Å². The molecule has 0 spiro atoms. The Morgan fingerprint density at radius 2 is 2.14 bits per heavy atom. The summed E-state index contributed by atoms with van der Waals surface area (Å²) in [6.07, 6.45) is 5.66. The highest BCUT2D eigenvalue weighted by Gasteiger charge is 2.31. The maximum absolute atomic E-state index is 12.9. The van der Waals surface area contributed by atoms with Gasteiger partial charge in [0.25, 0.3) is 5.91 Å². The molecule has 2 heterocycles. The molecule has 108 valence electrons. The standard InChI is InChI=1S/C17H19N3O/c1-18-15-8-3-2-7-14(15)17(21)20-11-5-9-16(20)13-6-4-10-19-12-13/h2-4,6-8,10,12,16,18H,5,9,11H2,1H3. The molecule has 4 heteroatoms. The van der Waals surface area contributed by atoms with E-state index in [0.717, 1.165) is 36.2 Å². The molecule has 0 aliphatic carbocycles. The van der Waals surface area contributed by atoms with E-state index in [1.54, 1.807) is 6.20 Å². The van der Waals surface area contributed by atoms with Crippen molar-refractivity contribution < 1.29 is 4.79 Å². The first kappa shape index (κ1) is 13.6. The van der Waals surface area contributed by atoms with E-state index in [1.165, 1.54) is 0 Å². The van der Waals surface area contributed by atoms with Crippen LogP contribution in [-0.2, 0) is 0 Å². The first-order valence-corrected chi connectivity index (χ1v) is 7.29. The third-order valence-corrected chi connectivity index (χ3v) is 4.01. The highest BCUT2D eigenvalue weighted by molar-refractivity contribution is 5.99. The number of nitrogens with one attached hydrogen (secondary N) is 1. The number of pyridine rings is 1. The summed E-state index contributed by atoms with van der Waals surface area (Å²) < 4.78 is 0. The molecule has 21 heavy (non-hydrogen) atoms. The number of anilines is 1. The van der Waals surface area contributed by atoms with Crippen LogP contribution in [0.15, 0.2) is 48.8 Å². The lowest BCUT2D eigenvalue weighted by Gasteiger charge is -2.25. The van der Waals surface area contributed by atoms with Crippen molar-refractivity contribution >= 4 is 11.6 Å². The number of carbonyl (C=O) groups is 1. The number of hydrogen-bond acceptors (Lipinski definition) is 3. The van der Waals surface area contributed by atoms with E-state index >= 15 is 0 Å². The van der Waals surface area contributed by atoms with Crippen molar-refractivity contribution in [1.82, 2.24) is 9.88 Å². The predicted octanol–water partition coefficient (Wildman–Crippen LogP) is 3.10. The van der Waals surface area contributed by atoms with E-state index in [9.17, 15) is 4.79 Å². The molecule has 1 atom stereocenters. The minimum absolute atomic E-state index is 0.0892. The number of likely N-dealkylation sites (tertiary alicyclic amines) is 1. The van der Waals surface area contributed by atoms with Crippen LogP contribution in [0, 0.1) is 0 Å². The van der Waals surface area contributed by atoms with Crippen molar-refractivity contribution in [3.05, 3.63) is 59.9 Å². The van der Waals surface area contributed by atoms with Gasteiger partial charge in [-0.2, -0.15) is 0 Å². The fourth-order valence-corrected chi connectivity index (χ4v) is 2.97. The van der Waals surface area contributed by atoms with Crippen molar-refractivity contribution in [1.29, 1.82) is 0 Å². The van der Waals surface area contributed by atoms with Gasteiger partial charge in [0.1, 0.15) is 0 Å². The van der Waals surface area contributed by atoms with Crippen molar-refractivity contribution in [3.63, 3.8) is 0 Å². The Balaban J connectivity index is 1.90. The summed E-state index contributed by atoms with van der Waals surface area (Å²) in [6, 6.07) is 11.8. The van der Waals surface area contributed by atoms with Crippen LogP contribution in [0.4, 0.5) is 5.69 Å². The maximum Gasteiger partial charge on any atom is 0.256 e. The van der Waals surface area contributed by atoms with Crippen molar-refractivity contribution in [2.75, 3.05) is 18.9 Å². The van der Waals surface area contributed by atoms with Crippen molar-refractivity contribution in [2.24, 2.45) is 0 Å². The highest BCUT2D eigenvalue weighted by Crippen LogP contribution is 2.33. The highest BCUT2D eigenvalue weighted by atomic mass is 16.2. The van der Waals surface area contributed by atoms with Gasteiger partial charge in [0, 0.05) is 31.7 Å². The van der Waals surface area contributed by atoms with Crippen LogP contribution >= 0.6 is 0 Å². The molecule has 0 radical (unpaired) electrons. The first-order chi connectivity index (χ1) is 10.3. The van der Waals surface area contributed by atoms with Crippen molar-refractivity contribution in [3.8, 4) is 0 Å². The Bertz CT molecular complexity index is 627. The molecule has 0 bridgehead atoms. The summed E-state index contributed by atoms with van der Waals surface area (Å²) >= 11 is 0. The monoisotopic (exact) mass is 281 g/mol. The fraction of sp³-hybridized carbons (Fsp3) is 0.294. The third-order valence-electron chi connectivity index (χ3n) is 4.01. The van der Waals surface area contributed by atoms with Crippen LogP contribution in [-0.4, -0.2) is 29.4 Å². The van der Waals surface area contributed by atoms with Gasteiger partial charge in [-0.1, -0.05) is 18.2 Å². The third kappa shape index (κ3) is 2.61. The van der Waals surface area contributed by atoms with Gasteiger partial charge in [0.2, 0.25) is 0 Å². The minimum Gasteiger partial charge on any atom is -0.387 e. The van der Waals surface area contributed by atoms with Gasteiger partial charge < -0.3 is 10.2 Å². The van der Waals surface area contributed by atoms with E-state index < -0.39 is 0 Å². The number of carbonyl (C=O) groups excluding carboxylic acids is 1. The Hall–Kier alpha value is -2.36. The Kier molecular flexibility index (Phi) is 3.86. The van der Waals surface area contributed by atoms with Crippen LogP contribution in [0.5, 0.6) is 0 Å². The lowest BCUT2D eigenvalue weighted by Crippen LogP contribution is -2.31. The van der Waals surface area contributed by atoms with E-state index in [-0.39, 0.29) is 11.9 Å². The normalized spacial score (nSPS) is 17.8. The lowest BCUT2D eigenvalue weighted by molar-refractivity contribution is 0.0736. The zero-order chi connectivity index (χ0) is 14.7. The van der Waals surface area contributed by atoms with Gasteiger partial charge in [0.15, 0.2) is 0 Å². The quantitative estimate of drug-likeness (QED) is 0.940. The van der Waals surface area contributed by atoms with E-state index in [0.29, 0.717) is 0 Å². The molecule has 1 saturated heterocycles. The molecule has 4 nitrogen and oxygen atoms in total. The average Bonchev–Trinajstić information content (AvgIpc) is 3.04. The zero-order valence-electron chi connectivity index (χ0n) is 12.1. The molecule has 1 aromatic heterocycles. The molecule has 1 amide bonds. The second-order valence-corrected chi connectivity index (χ2v) is 5.24. The Morgan fingerprint density at radius 1 is 1.29 bits per heavy atom. The lowest BCUT2D eigenvalue weighted by atomic mass is 10.1. The Labute approximate surface area is 124 Å². The number of rotatable bonds is 3. The number of aromatic nitrogens is 1. The number of amides is 1. The fourth-order valence-electron chi connectivity index (χ4n) is 2.97. The van der Waals surface area contributed by atoms with Gasteiger partial charge in [0.05, 0.1) is 11.6 Å². The summed E-state index contributed by atoms with van der Waals surface area (Å²) in [5.41, 5.74) is 2.72. The van der Waals surface area contributed by atoms with E-state index in [2.05, 4.69) is 10.3 Å². The van der Waals surface area contributed by atoms with Crippen molar-refractivity contribution in [2.45, 2.75) is 18.9 Å². The summed E-state index contributed by atoms with van der Waals surface area (Å²) in [6.45, 7) is 0.802. The smallest absolute Gasteiger partial charge is 0.256 e. The van der Waals surface area contributed by atoms with Crippen LogP contribution < -0.4 is 5.32 Å². The molecule has 1 aromatic carbocycles. The summed E-state index contributed by atoms with van der Waals surface area (Å²) in [5.74, 6) is 0.0892. The molecular weight excluding hydrogens is 262 g/mol. The van der Waals surface area contributed by atoms with Gasteiger partial charge in [-0.15, -0.1) is 0 Å². The SMILES string of the molecule is CNc1ccccc1C(=O)N1CCCC1c1cccnc1. The van der Waals surface area contributed by atoms with Crippen LogP contribution in [0.25, 0.3) is 0 Å². The summed E-state index contributed by atoms with van der Waals surface area (Å²) in [7, 11) is 1.84. The largest absolute Gasteiger partial charge is 0.387 e. The molecular formula is C17H19N3O. The van der Waals surface area contributed by atoms with Gasteiger partial charge in [-0.05, 0) is 36.6 Å². The van der Waals surface area contributed by atoms with Gasteiger partial charge >= 0.3 is 0 Å². The summed E-state index contributed by atoms with van der Waals surface area (Å²) in [5, 5.41) is 3.09. The molecule has 3 rings (SSSR count). The zero-order valence-corrected chi connectivity index (χ0v) is 12.1. The number of benzene rings is 1. The van der Waals surface area contributed by atoms with Gasteiger partial charge in [-0.3, -0.25) is 9.78 Å². The molecule has 2 aromatic rings. The molecule has 1 unspecified atom stereocenters. The van der Waals surface area contributed by atoms with E-state index in [4.69, 9.17) is 0 Å². The molecule has 1 fully saturated rings. The number of para-hydroxylation sites is 1. The second kappa shape index (κ2) is 5.95. The van der Waals surface area contributed by atoms with Gasteiger partial charge in [-0.25, -0.2) is 0 Å². The predicted molar refractivity (Wildman–Crippen MR) is 83.2 cm³/mol. The van der Waals surface area contributed by atoms with Crippen LogP contribution in [0.3, 0.4) is 0 Å². The van der Waals surface area contributed by atoms with Crippen LogP contribution in [0.1, 0.15) is 34.8 Å². The van der Waals surface area contributed by atoms with Crippen LogP contribution in [0.2, 0.25) is 0 Å². The molecule has 1 N–H and O–H groups in total. The number of hydrogen-bond donors (Lipinski definition) is 1. The minimum atomic E-state index is 0.0892. The molecule has 0 saturated carbocycles. The van der Waals surface area contributed by atoms with E-state index in [1.807, 2.05) is 54.5 Å². The maximum atomic E-state index is 12.9. The molecule has 1 aliphatic rings. The number of nitrogens with zero attached hydrogens (tertiary/aromatic N) is 2. The molecule has 1 aliphatic heterocycles. The average molecular weight is 281 g/mol. The first-order valence-electron chi connectivity index (χ1n) is 7.29. The second-order valence-electron chi connectivity index (χ2n) is 5.24.